The van der Waals surface area contributed by atoms with Crippen molar-refractivity contribution in [3.63, 3.8) is 0 Å². The second-order valence-corrected chi connectivity index (χ2v) is 7.00. The van der Waals surface area contributed by atoms with Gasteiger partial charge in [-0.3, -0.25) is 0 Å². The molecule has 3 heteroatoms. The number of hydrogen-bond donors (Lipinski definition) is 3. The van der Waals surface area contributed by atoms with E-state index in [1.807, 2.05) is 64.1 Å². The Bertz CT molecular complexity index is 869. The smallest absolute Gasteiger partial charge is 0.121 e. The van der Waals surface area contributed by atoms with Gasteiger partial charge in [0.25, 0.3) is 0 Å². The predicted octanol–water partition coefficient (Wildman–Crippen LogP) is 5.22. The topological polar surface area (TPSA) is 60.7 Å². The van der Waals surface area contributed by atoms with Crippen LogP contribution in [0, 0.1) is 27.7 Å². The van der Waals surface area contributed by atoms with Crippen molar-refractivity contribution in [1.82, 2.24) is 0 Å². The zero-order valence-corrected chi connectivity index (χ0v) is 15.5. The first-order chi connectivity index (χ1) is 12.3. The monoisotopic (exact) mass is 348 g/mol. The third-order valence-electron chi connectivity index (χ3n) is 4.94. The zero-order valence-electron chi connectivity index (χ0n) is 15.5. The summed E-state index contributed by atoms with van der Waals surface area (Å²) in [6, 6.07) is 15.1. The quantitative estimate of drug-likeness (QED) is 0.569. The molecule has 3 rings (SSSR count). The zero-order chi connectivity index (χ0) is 19.0. The molecule has 3 N–H and O–H groups in total. The Balaban J connectivity index is 2.30. The third-order valence-corrected chi connectivity index (χ3v) is 4.94. The average molecular weight is 348 g/mol. The van der Waals surface area contributed by atoms with Gasteiger partial charge in [0.1, 0.15) is 17.2 Å². The summed E-state index contributed by atoms with van der Waals surface area (Å²) in [7, 11) is 0. The first-order valence-electron chi connectivity index (χ1n) is 8.67. The molecule has 0 spiro atoms. The van der Waals surface area contributed by atoms with Gasteiger partial charge in [-0.05, 0) is 67.1 Å². The Kier molecular flexibility index (Phi) is 4.64. The fraction of sp³-hybridized carbons (Fsp3) is 0.217. The molecular formula is C23H24O3. The molecule has 3 aromatic rings. The van der Waals surface area contributed by atoms with Gasteiger partial charge < -0.3 is 15.3 Å². The lowest BCUT2D eigenvalue weighted by Crippen LogP contribution is -2.06. The molecule has 0 saturated carbocycles. The average Bonchev–Trinajstić information content (AvgIpc) is 2.59. The molecule has 26 heavy (non-hydrogen) atoms. The summed E-state index contributed by atoms with van der Waals surface area (Å²) < 4.78 is 0. The van der Waals surface area contributed by atoms with E-state index >= 15 is 0 Å². The van der Waals surface area contributed by atoms with Gasteiger partial charge >= 0.3 is 0 Å². The second-order valence-electron chi connectivity index (χ2n) is 7.00. The van der Waals surface area contributed by atoms with Crippen molar-refractivity contribution >= 4 is 0 Å². The number of para-hydroxylation sites is 1. The van der Waals surface area contributed by atoms with Gasteiger partial charge in [-0.25, -0.2) is 0 Å². The van der Waals surface area contributed by atoms with Crippen LogP contribution >= 0.6 is 0 Å². The van der Waals surface area contributed by atoms with Crippen molar-refractivity contribution < 1.29 is 15.3 Å². The summed E-state index contributed by atoms with van der Waals surface area (Å²) in [4.78, 5) is 0. The number of rotatable bonds is 3. The van der Waals surface area contributed by atoms with E-state index in [1.54, 1.807) is 12.1 Å². The van der Waals surface area contributed by atoms with Gasteiger partial charge in [0.15, 0.2) is 0 Å². The van der Waals surface area contributed by atoms with E-state index in [2.05, 4.69) is 0 Å². The highest BCUT2D eigenvalue weighted by molar-refractivity contribution is 5.55. The van der Waals surface area contributed by atoms with E-state index in [0.717, 1.165) is 38.9 Å². The van der Waals surface area contributed by atoms with Gasteiger partial charge in [-0.2, -0.15) is 0 Å². The van der Waals surface area contributed by atoms with Crippen LogP contribution in [0.5, 0.6) is 17.2 Å². The third kappa shape index (κ3) is 3.13. The second kappa shape index (κ2) is 6.75. The van der Waals surface area contributed by atoms with Crippen LogP contribution in [0.2, 0.25) is 0 Å². The first kappa shape index (κ1) is 17.9. The molecule has 0 aliphatic carbocycles. The normalized spacial score (nSPS) is 11.1. The SMILES string of the molecule is Cc1cc(C(c2cc(C)c(O)c(C)c2)c2ccccc2O)cc(C)c1O. The largest absolute Gasteiger partial charge is 0.508 e. The molecule has 0 unspecified atom stereocenters. The van der Waals surface area contributed by atoms with Crippen molar-refractivity contribution in [2.75, 3.05) is 0 Å². The van der Waals surface area contributed by atoms with Crippen LogP contribution in [-0.2, 0) is 0 Å². The van der Waals surface area contributed by atoms with E-state index in [-0.39, 0.29) is 11.7 Å². The lowest BCUT2D eigenvalue weighted by atomic mass is 9.82. The first-order valence-corrected chi connectivity index (χ1v) is 8.67. The van der Waals surface area contributed by atoms with Crippen molar-refractivity contribution in [2.45, 2.75) is 33.6 Å². The molecule has 0 saturated heterocycles. The van der Waals surface area contributed by atoms with E-state index < -0.39 is 0 Å². The van der Waals surface area contributed by atoms with Gasteiger partial charge in [-0.1, -0.05) is 42.5 Å². The molecule has 0 atom stereocenters. The Morgan fingerprint density at radius 2 is 1.00 bits per heavy atom. The number of aromatic hydroxyl groups is 3. The molecule has 0 aromatic heterocycles. The molecule has 0 fully saturated rings. The fourth-order valence-corrected chi connectivity index (χ4v) is 3.60. The summed E-state index contributed by atoms with van der Waals surface area (Å²) in [5.74, 6) is 0.613. The van der Waals surface area contributed by atoms with E-state index in [9.17, 15) is 15.3 Å². The molecule has 0 radical (unpaired) electrons. The van der Waals surface area contributed by atoms with Crippen LogP contribution in [-0.4, -0.2) is 15.3 Å². The minimum absolute atomic E-state index is 0.202. The standard InChI is InChI=1S/C23H24O3/c1-13-9-17(10-14(2)22(13)25)21(19-7-5-6-8-20(19)24)18-11-15(3)23(26)16(4)12-18/h5-12,21,24-26H,1-4H3. The van der Waals surface area contributed by atoms with E-state index in [4.69, 9.17) is 0 Å². The Morgan fingerprint density at radius 1 is 0.615 bits per heavy atom. The van der Waals surface area contributed by atoms with E-state index in [0.29, 0.717) is 11.5 Å². The molecule has 0 aliphatic rings. The predicted molar refractivity (Wildman–Crippen MR) is 104 cm³/mol. The van der Waals surface area contributed by atoms with Gasteiger partial charge in [-0.15, -0.1) is 0 Å². The highest BCUT2D eigenvalue weighted by Gasteiger charge is 2.22. The van der Waals surface area contributed by atoms with Crippen molar-refractivity contribution in [3.8, 4) is 17.2 Å². The van der Waals surface area contributed by atoms with Crippen molar-refractivity contribution in [2.24, 2.45) is 0 Å². The van der Waals surface area contributed by atoms with Crippen molar-refractivity contribution in [3.05, 3.63) is 87.5 Å². The molecule has 134 valence electrons. The van der Waals surface area contributed by atoms with Crippen LogP contribution in [0.25, 0.3) is 0 Å². The molecule has 3 aromatic carbocycles. The van der Waals surface area contributed by atoms with Crippen LogP contribution in [0.4, 0.5) is 0 Å². The number of phenols is 3. The van der Waals surface area contributed by atoms with E-state index in [1.165, 1.54) is 0 Å². The number of benzene rings is 3. The summed E-state index contributed by atoms with van der Waals surface area (Å²) in [5.41, 5.74) is 5.97. The maximum absolute atomic E-state index is 10.5. The van der Waals surface area contributed by atoms with Gasteiger partial charge in [0.2, 0.25) is 0 Å². The summed E-state index contributed by atoms with van der Waals surface area (Å²) >= 11 is 0. The highest BCUT2D eigenvalue weighted by Crippen LogP contribution is 2.40. The Labute approximate surface area is 154 Å². The minimum Gasteiger partial charge on any atom is -0.508 e. The fourth-order valence-electron chi connectivity index (χ4n) is 3.60. The maximum Gasteiger partial charge on any atom is 0.121 e. The van der Waals surface area contributed by atoms with Gasteiger partial charge in [0, 0.05) is 11.5 Å². The summed E-state index contributed by atoms with van der Waals surface area (Å²) in [5, 5.41) is 30.8. The highest BCUT2D eigenvalue weighted by atomic mass is 16.3. The molecule has 0 amide bonds. The molecule has 0 bridgehead atoms. The Morgan fingerprint density at radius 3 is 1.38 bits per heavy atom. The molecule has 0 aliphatic heterocycles. The molecular weight excluding hydrogens is 324 g/mol. The maximum atomic E-state index is 10.5. The summed E-state index contributed by atoms with van der Waals surface area (Å²) in [6.45, 7) is 7.50. The number of aryl methyl sites for hydroxylation is 4. The van der Waals surface area contributed by atoms with Crippen LogP contribution < -0.4 is 0 Å². The Hall–Kier alpha value is -2.94. The minimum atomic E-state index is -0.202. The molecule has 0 heterocycles. The lowest BCUT2D eigenvalue weighted by Gasteiger charge is -2.23. The lowest BCUT2D eigenvalue weighted by molar-refractivity contribution is 0.464. The van der Waals surface area contributed by atoms with Crippen molar-refractivity contribution in [1.29, 1.82) is 0 Å². The summed E-state index contributed by atoms with van der Waals surface area (Å²) in [6.07, 6.45) is 0. The number of phenolic OH excluding ortho intramolecular Hbond substituents is 3. The van der Waals surface area contributed by atoms with Crippen LogP contribution in [0.15, 0.2) is 48.5 Å². The van der Waals surface area contributed by atoms with Gasteiger partial charge in [0.05, 0.1) is 0 Å². The van der Waals surface area contributed by atoms with Crippen LogP contribution in [0.3, 0.4) is 0 Å². The van der Waals surface area contributed by atoms with Crippen LogP contribution in [0.1, 0.15) is 44.9 Å². The molecule has 3 nitrogen and oxygen atoms in total. The number of hydrogen-bond acceptors (Lipinski definition) is 3.